The molecule has 2 nitrogen and oxygen atoms in total. The van der Waals surface area contributed by atoms with E-state index in [2.05, 4.69) is 59.2 Å². The van der Waals surface area contributed by atoms with E-state index in [-0.39, 0.29) is 0 Å². The number of benzene rings is 2. The lowest BCUT2D eigenvalue weighted by Gasteiger charge is -2.03. The zero-order chi connectivity index (χ0) is 11.9. The first kappa shape index (κ1) is 10.4. The summed E-state index contributed by atoms with van der Waals surface area (Å²) in [5, 5.41) is 9.33. The van der Waals surface area contributed by atoms with Crippen LogP contribution < -0.4 is 10.6 Å². The van der Waals surface area contributed by atoms with E-state index in [9.17, 15) is 0 Å². The molecule has 4 heteroatoms. The molecular formula is C14H10N2S2. The van der Waals surface area contributed by atoms with Crippen molar-refractivity contribution in [2.24, 2.45) is 0 Å². The molecule has 2 aliphatic heterocycles. The van der Waals surface area contributed by atoms with Crippen LogP contribution in [0.1, 0.15) is 0 Å². The van der Waals surface area contributed by atoms with Gasteiger partial charge < -0.3 is 10.6 Å². The van der Waals surface area contributed by atoms with Crippen LogP contribution in [0.3, 0.4) is 0 Å². The van der Waals surface area contributed by atoms with Gasteiger partial charge in [-0.2, -0.15) is 0 Å². The summed E-state index contributed by atoms with van der Waals surface area (Å²) in [7, 11) is 0. The van der Waals surface area contributed by atoms with Crippen molar-refractivity contribution in [1.82, 2.24) is 0 Å². The van der Waals surface area contributed by atoms with Gasteiger partial charge >= 0.3 is 0 Å². The van der Waals surface area contributed by atoms with E-state index in [1.54, 1.807) is 23.5 Å². The van der Waals surface area contributed by atoms with E-state index >= 15 is 0 Å². The summed E-state index contributed by atoms with van der Waals surface area (Å²) in [6.45, 7) is 0. The summed E-state index contributed by atoms with van der Waals surface area (Å²) >= 11 is 3.58. The summed E-state index contributed by atoms with van der Waals surface area (Å²) in [5.41, 5.74) is 2.40. The Hall–Kier alpha value is -1.52. The number of thioether (sulfide) groups is 2. The first-order chi connectivity index (χ1) is 8.90. The van der Waals surface area contributed by atoms with Gasteiger partial charge in [0.1, 0.15) is 10.1 Å². The molecule has 88 valence electrons. The first-order valence-corrected chi connectivity index (χ1v) is 7.35. The minimum Gasteiger partial charge on any atom is -0.347 e. The standard InChI is InChI=1S/C14H10N2S2/c1-3-7-11-9(5-1)15-13(17-11)14-16-10-6-2-4-8-12(10)18-14/h1-8,15-16H. The summed E-state index contributed by atoms with van der Waals surface area (Å²) in [6.07, 6.45) is 0. The van der Waals surface area contributed by atoms with Crippen LogP contribution in [0.15, 0.2) is 68.4 Å². The highest BCUT2D eigenvalue weighted by Gasteiger charge is 2.24. The zero-order valence-corrected chi connectivity index (χ0v) is 11.1. The van der Waals surface area contributed by atoms with Crippen molar-refractivity contribution in [1.29, 1.82) is 0 Å². The highest BCUT2D eigenvalue weighted by atomic mass is 32.2. The van der Waals surface area contributed by atoms with Crippen molar-refractivity contribution >= 4 is 34.9 Å². The molecule has 0 unspecified atom stereocenters. The summed E-state index contributed by atoms with van der Waals surface area (Å²) in [6, 6.07) is 16.8. The van der Waals surface area contributed by atoms with Crippen LogP contribution in [-0.4, -0.2) is 0 Å². The predicted octanol–water partition coefficient (Wildman–Crippen LogP) is 4.55. The Morgan fingerprint density at radius 2 is 1.06 bits per heavy atom. The smallest absolute Gasteiger partial charge is 0.109 e. The Kier molecular flexibility index (Phi) is 2.31. The fourth-order valence-electron chi connectivity index (χ4n) is 2.04. The average molecular weight is 270 g/mol. The topological polar surface area (TPSA) is 24.1 Å². The fraction of sp³-hybridized carbons (Fsp3) is 0. The molecule has 0 bridgehead atoms. The SMILES string of the molecule is c1ccc2c(c1)NC(=C1Nc3ccccc3S1)S2. The van der Waals surface area contributed by atoms with E-state index in [0.717, 1.165) is 0 Å². The van der Waals surface area contributed by atoms with Crippen molar-refractivity contribution in [3.63, 3.8) is 0 Å². The van der Waals surface area contributed by atoms with Crippen LogP contribution in [0.5, 0.6) is 0 Å². The number of anilines is 2. The maximum atomic E-state index is 3.47. The maximum Gasteiger partial charge on any atom is 0.109 e. The van der Waals surface area contributed by atoms with Gasteiger partial charge in [-0.1, -0.05) is 47.8 Å². The molecular weight excluding hydrogens is 260 g/mol. The molecule has 0 radical (unpaired) electrons. The van der Waals surface area contributed by atoms with E-state index in [0.29, 0.717) is 0 Å². The molecule has 0 atom stereocenters. The highest BCUT2D eigenvalue weighted by Crippen LogP contribution is 2.49. The third kappa shape index (κ3) is 1.61. The molecule has 18 heavy (non-hydrogen) atoms. The van der Waals surface area contributed by atoms with Gasteiger partial charge in [0.25, 0.3) is 0 Å². The normalized spacial score (nSPS) is 20.0. The van der Waals surface area contributed by atoms with Gasteiger partial charge in [-0.05, 0) is 24.3 Å². The number of para-hydroxylation sites is 2. The molecule has 0 saturated carbocycles. The minimum absolute atomic E-state index is 1.19. The van der Waals surface area contributed by atoms with Crippen LogP contribution in [0.2, 0.25) is 0 Å². The third-order valence-electron chi connectivity index (χ3n) is 2.90. The number of fused-ring (bicyclic) bond motifs is 2. The van der Waals surface area contributed by atoms with E-state index < -0.39 is 0 Å². The predicted molar refractivity (Wildman–Crippen MR) is 78.9 cm³/mol. The molecule has 4 rings (SSSR count). The largest absolute Gasteiger partial charge is 0.347 e. The van der Waals surface area contributed by atoms with Gasteiger partial charge in [-0.25, -0.2) is 0 Å². The third-order valence-corrected chi connectivity index (χ3v) is 5.20. The summed E-state index contributed by atoms with van der Waals surface area (Å²) in [4.78, 5) is 2.58. The van der Waals surface area contributed by atoms with Crippen LogP contribution >= 0.6 is 23.5 Å². The van der Waals surface area contributed by atoms with Gasteiger partial charge in [-0.3, -0.25) is 0 Å². The molecule has 0 aliphatic carbocycles. The Bertz CT molecular complexity index is 553. The van der Waals surface area contributed by atoms with Crippen molar-refractivity contribution < 1.29 is 0 Å². The number of nitrogens with one attached hydrogen (secondary N) is 2. The van der Waals surface area contributed by atoms with E-state index in [1.807, 2.05) is 0 Å². The second kappa shape index (κ2) is 4.00. The van der Waals surface area contributed by atoms with Gasteiger partial charge in [0, 0.05) is 9.79 Å². The van der Waals surface area contributed by atoms with Crippen molar-refractivity contribution in [2.75, 3.05) is 10.6 Å². The molecule has 0 amide bonds. The quantitative estimate of drug-likeness (QED) is 0.733. The van der Waals surface area contributed by atoms with Crippen LogP contribution in [0, 0.1) is 0 Å². The van der Waals surface area contributed by atoms with Crippen molar-refractivity contribution in [3.05, 3.63) is 58.6 Å². The van der Waals surface area contributed by atoms with Crippen LogP contribution in [0.25, 0.3) is 0 Å². The Labute approximate surface area is 114 Å². The number of rotatable bonds is 0. The van der Waals surface area contributed by atoms with Crippen molar-refractivity contribution in [2.45, 2.75) is 9.79 Å². The second-order valence-electron chi connectivity index (χ2n) is 4.10. The Morgan fingerprint density at radius 1 is 0.611 bits per heavy atom. The van der Waals surface area contributed by atoms with Gasteiger partial charge in [0.2, 0.25) is 0 Å². The molecule has 0 aromatic heterocycles. The van der Waals surface area contributed by atoms with Crippen LogP contribution in [-0.2, 0) is 0 Å². The lowest BCUT2D eigenvalue weighted by molar-refractivity contribution is 1.44. The molecule has 2 N–H and O–H groups in total. The summed E-state index contributed by atoms with van der Waals surface area (Å²) in [5.74, 6) is 0. The van der Waals surface area contributed by atoms with Crippen molar-refractivity contribution in [3.8, 4) is 0 Å². The minimum atomic E-state index is 1.19. The molecule has 2 aliphatic rings. The maximum absolute atomic E-state index is 3.47. The monoisotopic (exact) mass is 270 g/mol. The van der Waals surface area contributed by atoms with Gasteiger partial charge in [0.15, 0.2) is 0 Å². The van der Waals surface area contributed by atoms with E-state index in [1.165, 1.54) is 31.2 Å². The zero-order valence-electron chi connectivity index (χ0n) is 9.44. The molecule has 0 spiro atoms. The Balaban J connectivity index is 1.70. The van der Waals surface area contributed by atoms with Gasteiger partial charge in [0.05, 0.1) is 11.4 Å². The highest BCUT2D eigenvalue weighted by molar-refractivity contribution is 8.07. The summed E-state index contributed by atoms with van der Waals surface area (Å²) < 4.78 is 0. The molecule has 2 aromatic carbocycles. The van der Waals surface area contributed by atoms with E-state index in [4.69, 9.17) is 0 Å². The molecule has 2 heterocycles. The lowest BCUT2D eigenvalue weighted by atomic mass is 10.3. The second-order valence-corrected chi connectivity index (χ2v) is 6.21. The Morgan fingerprint density at radius 3 is 1.50 bits per heavy atom. The molecule has 0 fully saturated rings. The molecule has 2 aromatic rings. The number of hydrogen-bond donors (Lipinski definition) is 2. The average Bonchev–Trinajstić information content (AvgIpc) is 3.02. The lowest BCUT2D eigenvalue weighted by Crippen LogP contribution is -1.97. The first-order valence-electron chi connectivity index (χ1n) is 5.72. The van der Waals surface area contributed by atoms with Gasteiger partial charge in [-0.15, -0.1) is 0 Å². The van der Waals surface area contributed by atoms with Crippen LogP contribution in [0.4, 0.5) is 11.4 Å². The fourth-order valence-corrected chi connectivity index (χ4v) is 4.09. The number of hydrogen-bond acceptors (Lipinski definition) is 4. The molecule has 0 saturated heterocycles.